The molecule has 204 valence electrons. The van der Waals surface area contributed by atoms with Crippen molar-refractivity contribution >= 4 is 17.9 Å². The van der Waals surface area contributed by atoms with Crippen LogP contribution in [0.15, 0.2) is 54.7 Å². The average molecular weight is 550 g/mol. The first-order valence-corrected chi connectivity index (χ1v) is 13.6. The summed E-state index contributed by atoms with van der Waals surface area (Å²) in [5.74, 6) is -0.681. The smallest absolute Gasteiger partial charge is 0.174 e. The molecule has 8 heteroatoms. The largest absolute Gasteiger partial charge is 0.385 e. The number of benzene rings is 2. The number of ether oxygens (including phenoxy) is 1. The van der Waals surface area contributed by atoms with Gasteiger partial charge in [-0.15, -0.1) is 0 Å². The highest BCUT2D eigenvalue weighted by Gasteiger charge is 2.42. The molecule has 6 nitrogen and oxygen atoms in total. The Labute approximate surface area is 233 Å². The van der Waals surface area contributed by atoms with Crippen LogP contribution in [0, 0.1) is 23.1 Å². The molecule has 0 amide bonds. The van der Waals surface area contributed by atoms with Gasteiger partial charge in [0, 0.05) is 41.6 Å². The predicted octanol–water partition coefficient (Wildman–Crippen LogP) is 6.37. The molecule has 1 aromatic heterocycles. The molecule has 1 saturated carbocycles. The molecule has 2 atom stereocenters. The lowest BCUT2D eigenvalue weighted by Gasteiger charge is -2.40. The zero-order valence-electron chi connectivity index (χ0n) is 22.2. The van der Waals surface area contributed by atoms with Crippen LogP contribution in [-0.4, -0.2) is 23.5 Å². The maximum Gasteiger partial charge on any atom is 0.174 e. The van der Waals surface area contributed by atoms with Crippen molar-refractivity contribution in [2.45, 2.75) is 63.3 Å². The van der Waals surface area contributed by atoms with Crippen LogP contribution < -0.4 is 5.32 Å². The van der Waals surface area contributed by atoms with Crippen LogP contribution in [0.1, 0.15) is 83.8 Å². The van der Waals surface area contributed by atoms with Gasteiger partial charge in [-0.05, 0) is 67.1 Å². The first-order valence-electron chi connectivity index (χ1n) is 13.2. The number of rotatable bonds is 10. The summed E-state index contributed by atoms with van der Waals surface area (Å²) in [5.41, 5.74) is -0.827. The van der Waals surface area contributed by atoms with E-state index in [1.54, 1.807) is 42.5 Å². The van der Waals surface area contributed by atoms with E-state index in [1.807, 2.05) is 13.0 Å². The fraction of sp³-hybridized carbons (Fsp3) is 0.387. The van der Waals surface area contributed by atoms with E-state index < -0.39 is 17.1 Å². The minimum Gasteiger partial charge on any atom is -0.385 e. The Morgan fingerprint density at radius 3 is 2.46 bits per heavy atom. The zero-order valence-corrected chi connectivity index (χ0v) is 23.0. The van der Waals surface area contributed by atoms with Crippen molar-refractivity contribution in [2.75, 3.05) is 7.11 Å². The SMILES string of the molecule is CCC(O)(c1cc(F)c([C@](NCc2ccc(C#N)cn2)(OC)c2ccc(Cl)cc2)c(C=O)c1)C1CCCCC1. The minimum atomic E-state index is -1.59. The van der Waals surface area contributed by atoms with Crippen LogP contribution in [0.2, 0.25) is 5.02 Å². The van der Waals surface area contributed by atoms with Crippen LogP contribution >= 0.6 is 11.6 Å². The van der Waals surface area contributed by atoms with Crippen LogP contribution in [0.5, 0.6) is 0 Å². The second-order valence-corrected chi connectivity index (χ2v) is 10.5. The molecule has 2 N–H and O–H groups in total. The molecule has 1 unspecified atom stereocenters. The average Bonchev–Trinajstić information content (AvgIpc) is 2.98. The number of aliphatic hydroxyl groups is 1. The lowest BCUT2D eigenvalue weighted by Crippen LogP contribution is -2.46. The molecular formula is C31H33ClFN3O3. The number of nitrogens with one attached hydrogen (secondary N) is 1. The molecule has 0 aliphatic heterocycles. The molecule has 0 bridgehead atoms. The summed E-state index contributed by atoms with van der Waals surface area (Å²) in [5, 5.41) is 24.6. The summed E-state index contributed by atoms with van der Waals surface area (Å²) >= 11 is 6.15. The summed E-state index contributed by atoms with van der Waals surface area (Å²) in [6.45, 7) is 2.03. The minimum absolute atomic E-state index is 0.00168. The quantitative estimate of drug-likeness (QED) is 0.225. The maximum atomic E-state index is 16.3. The molecule has 0 saturated heterocycles. The van der Waals surface area contributed by atoms with Crippen molar-refractivity contribution in [1.29, 1.82) is 5.26 Å². The van der Waals surface area contributed by atoms with E-state index in [1.165, 1.54) is 19.4 Å². The Kier molecular flexibility index (Phi) is 9.14. The van der Waals surface area contributed by atoms with Crippen molar-refractivity contribution < 1.29 is 19.0 Å². The third-order valence-electron chi connectivity index (χ3n) is 7.95. The standard InChI is InChI=1S/C31H33ClFN3O3/c1-3-30(38,23-7-5-4-6-8-23)25-15-22(20-37)29(28(33)16-25)31(39-2,24-10-12-26(32)13-11-24)36-19-27-14-9-21(17-34)18-35-27/h9-16,18,20,23,36,38H,3-8,19H2,1-2H3/t30?,31-/m1/s1. The number of methoxy groups -OCH3 is 1. The number of halogens is 2. The number of nitriles is 1. The molecular weight excluding hydrogens is 517 g/mol. The summed E-state index contributed by atoms with van der Waals surface area (Å²) < 4.78 is 22.3. The second-order valence-electron chi connectivity index (χ2n) is 10.0. The fourth-order valence-electron chi connectivity index (χ4n) is 5.77. The van der Waals surface area contributed by atoms with Crippen molar-refractivity contribution in [3.05, 3.63) is 99.1 Å². The summed E-state index contributed by atoms with van der Waals surface area (Å²) in [4.78, 5) is 16.8. The van der Waals surface area contributed by atoms with Gasteiger partial charge in [0.1, 0.15) is 11.9 Å². The topological polar surface area (TPSA) is 95.2 Å². The molecule has 39 heavy (non-hydrogen) atoms. The number of aldehydes is 1. The first kappa shape index (κ1) is 28.8. The van der Waals surface area contributed by atoms with E-state index in [9.17, 15) is 9.90 Å². The van der Waals surface area contributed by atoms with Crippen LogP contribution in [-0.2, 0) is 22.6 Å². The van der Waals surface area contributed by atoms with Gasteiger partial charge >= 0.3 is 0 Å². The Morgan fingerprint density at radius 1 is 1.18 bits per heavy atom. The van der Waals surface area contributed by atoms with Gasteiger partial charge in [-0.1, -0.05) is 49.9 Å². The van der Waals surface area contributed by atoms with Crippen molar-refractivity contribution in [1.82, 2.24) is 10.3 Å². The number of hydrogen-bond acceptors (Lipinski definition) is 6. The fourth-order valence-corrected chi connectivity index (χ4v) is 5.90. The summed E-state index contributed by atoms with van der Waals surface area (Å²) in [7, 11) is 1.43. The highest BCUT2D eigenvalue weighted by atomic mass is 35.5. The third kappa shape index (κ3) is 5.75. The number of aromatic nitrogens is 1. The van der Waals surface area contributed by atoms with Gasteiger partial charge in [-0.3, -0.25) is 15.1 Å². The Morgan fingerprint density at radius 2 is 1.90 bits per heavy atom. The second kappa shape index (κ2) is 12.4. The van der Waals surface area contributed by atoms with E-state index in [-0.39, 0.29) is 23.6 Å². The van der Waals surface area contributed by atoms with Crippen molar-refractivity contribution in [3.63, 3.8) is 0 Å². The lowest BCUT2D eigenvalue weighted by molar-refractivity contribution is -0.0429. The van der Waals surface area contributed by atoms with Crippen molar-refractivity contribution in [3.8, 4) is 6.07 Å². The molecule has 0 spiro atoms. The van der Waals surface area contributed by atoms with Crippen LogP contribution in [0.4, 0.5) is 4.39 Å². The molecule has 3 aromatic rings. The summed E-state index contributed by atoms with van der Waals surface area (Å²) in [6.07, 6.45) is 7.34. The van der Waals surface area contributed by atoms with E-state index in [0.717, 1.165) is 32.1 Å². The van der Waals surface area contributed by atoms with Gasteiger partial charge in [0.2, 0.25) is 0 Å². The zero-order chi connectivity index (χ0) is 28.0. The van der Waals surface area contributed by atoms with Gasteiger partial charge < -0.3 is 9.84 Å². The highest BCUT2D eigenvalue weighted by molar-refractivity contribution is 6.30. The van der Waals surface area contributed by atoms with Gasteiger partial charge in [0.25, 0.3) is 0 Å². The van der Waals surface area contributed by atoms with Gasteiger partial charge in [-0.2, -0.15) is 5.26 Å². The lowest BCUT2D eigenvalue weighted by atomic mass is 9.71. The number of pyridine rings is 1. The normalized spacial score (nSPS) is 17.1. The maximum absolute atomic E-state index is 16.3. The Balaban J connectivity index is 1.84. The molecule has 1 aliphatic rings. The molecule has 2 aromatic carbocycles. The van der Waals surface area contributed by atoms with E-state index in [2.05, 4.69) is 10.3 Å². The molecule has 1 heterocycles. The molecule has 1 aliphatic carbocycles. The Bertz CT molecular complexity index is 1340. The van der Waals surface area contributed by atoms with E-state index in [4.69, 9.17) is 21.6 Å². The molecule has 1 fully saturated rings. The predicted molar refractivity (Wildman–Crippen MR) is 148 cm³/mol. The Hall–Kier alpha value is -3.15. The van der Waals surface area contributed by atoms with Crippen LogP contribution in [0.25, 0.3) is 0 Å². The van der Waals surface area contributed by atoms with Gasteiger partial charge in [0.15, 0.2) is 12.0 Å². The summed E-state index contributed by atoms with van der Waals surface area (Å²) in [6, 6.07) is 15.0. The number of carbonyl (C=O) groups excluding carboxylic acids is 1. The number of carbonyl (C=O) groups is 1. The van der Waals surface area contributed by atoms with E-state index >= 15 is 4.39 Å². The van der Waals surface area contributed by atoms with E-state index in [0.29, 0.717) is 40.1 Å². The third-order valence-corrected chi connectivity index (χ3v) is 8.20. The molecule has 0 radical (unpaired) electrons. The van der Waals surface area contributed by atoms with Gasteiger partial charge in [0.05, 0.1) is 16.9 Å². The monoisotopic (exact) mass is 549 g/mol. The van der Waals surface area contributed by atoms with Crippen molar-refractivity contribution in [2.24, 2.45) is 5.92 Å². The number of nitrogens with zero attached hydrogens (tertiary/aromatic N) is 2. The first-order chi connectivity index (χ1) is 18.8. The van der Waals surface area contributed by atoms with Crippen LogP contribution in [0.3, 0.4) is 0 Å². The van der Waals surface area contributed by atoms with Gasteiger partial charge in [-0.25, -0.2) is 4.39 Å². The highest BCUT2D eigenvalue weighted by Crippen LogP contribution is 2.44. The molecule has 4 rings (SSSR count). The number of hydrogen-bond donors (Lipinski definition) is 2.